The van der Waals surface area contributed by atoms with Crippen LogP contribution in [-0.2, 0) is 6.54 Å². The molecule has 1 aromatic carbocycles. The van der Waals surface area contributed by atoms with E-state index in [1.165, 1.54) is 12.8 Å². The van der Waals surface area contributed by atoms with E-state index < -0.39 is 0 Å². The normalized spacial score (nSPS) is 10.8. The number of aryl methyl sites for hydroxylation is 1. The number of ether oxygens (including phenoxy) is 1. The van der Waals surface area contributed by atoms with E-state index in [0.29, 0.717) is 12.3 Å². The molecule has 3 N–H and O–H groups in total. The maximum Gasteiger partial charge on any atom is 0.222 e. The van der Waals surface area contributed by atoms with Gasteiger partial charge in [0.1, 0.15) is 17.3 Å². The van der Waals surface area contributed by atoms with Crippen LogP contribution in [0.2, 0.25) is 0 Å². The second kappa shape index (κ2) is 9.09. The number of nitriles is 1. The number of unbranched alkanes of at least 4 members (excludes halogenated alkanes) is 2. The first-order valence-corrected chi connectivity index (χ1v) is 9.58. The minimum Gasteiger partial charge on any atom is -0.479 e. The molecule has 28 heavy (non-hydrogen) atoms. The Labute approximate surface area is 165 Å². The van der Waals surface area contributed by atoms with E-state index in [1.54, 1.807) is 0 Å². The number of hydrogen-bond donors (Lipinski definition) is 2. The summed E-state index contributed by atoms with van der Waals surface area (Å²) >= 11 is 0. The monoisotopic (exact) mass is 378 g/mol. The lowest BCUT2D eigenvalue weighted by Crippen LogP contribution is -2.09. The maximum absolute atomic E-state index is 8.72. The molecule has 2 heterocycles. The van der Waals surface area contributed by atoms with Crippen molar-refractivity contribution in [3.63, 3.8) is 0 Å². The summed E-state index contributed by atoms with van der Waals surface area (Å²) in [6.07, 6.45) is 5.42. The highest BCUT2D eigenvalue weighted by Gasteiger charge is 2.12. The number of hydrogen-bond acceptors (Lipinski definition) is 6. The van der Waals surface area contributed by atoms with Gasteiger partial charge in [-0.3, -0.25) is 0 Å². The van der Waals surface area contributed by atoms with Crippen LogP contribution in [0.15, 0.2) is 30.5 Å². The summed E-state index contributed by atoms with van der Waals surface area (Å²) in [6, 6.07) is 9.82. The van der Waals surface area contributed by atoms with Gasteiger partial charge in [0, 0.05) is 19.3 Å². The molecule has 0 saturated carbocycles. The number of benzene rings is 1. The third kappa shape index (κ3) is 4.52. The van der Waals surface area contributed by atoms with E-state index in [2.05, 4.69) is 33.7 Å². The van der Waals surface area contributed by atoms with Gasteiger partial charge in [0.25, 0.3) is 0 Å². The highest BCUT2D eigenvalue weighted by Crippen LogP contribution is 2.25. The molecule has 0 spiro atoms. The predicted octanol–water partition coefficient (Wildman–Crippen LogP) is 3.87. The van der Waals surface area contributed by atoms with Gasteiger partial charge in [0.2, 0.25) is 5.95 Å². The number of nitrogen functional groups attached to an aromatic ring is 1. The lowest BCUT2D eigenvalue weighted by Gasteiger charge is -2.13. The molecular weight excluding hydrogens is 352 g/mol. The van der Waals surface area contributed by atoms with E-state index in [-0.39, 0.29) is 12.6 Å². The van der Waals surface area contributed by atoms with Crippen molar-refractivity contribution in [3.8, 4) is 11.8 Å². The molecule has 2 aromatic heterocycles. The van der Waals surface area contributed by atoms with E-state index >= 15 is 0 Å². The number of fused-ring (bicyclic) bond motifs is 1. The van der Waals surface area contributed by atoms with Crippen molar-refractivity contribution in [1.82, 2.24) is 14.5 Å². The van der Waals surface area contributed by atoms with Gasteiger partial charge < -0.3 is 20.4 Å². The highest BCUT2D eigenvalue weighted by atomic mass is 16.5. The summed E-state index contributed by atoms with van der Waals surface area (Å²) in [5.41, 5.74) is 9.92. The number of rotatable bonds is 9. The fourth-order valence-corrected chi connectivity index (χ4v) is 3.17. The Hall–Kier alpha value is -3.27. The smallest absolute Gasteiger partial charge is 0.222 e. The Bertz CT molecular complexity index is 988. The first-order chi connectivity index (χ1) is 13.6. The van der Waals surface area contributed by atoms with Gasteiger partial charge in [-0.25, -0.2) is 4.98 Å². The van der Waals surface area contributed by atoms with Crippen LogP contribution in [0.3, 0.4) is 0 Å². The highest BCUT2D eigenvalue weighted by molar-refractivity contribution is 5.87. The zero-order chi connectivity index (χ0) is 19.9. The van der Waals surface area contributed by atoms with Crippen molar-refractivity contribution < 1.29 is 4.74 Å². The molecule has 7 nitrogen and oxygen atoms in total. The lowest BCUT2D eigenvalue weighted by molar-refractivity contribution is 0.367. The Balaban J connectivity index is 1.90. The average molecular weight is 378 g/mol. The first kappa shape index (κ1) is 19.5. The molecule has 7 heteroatoms. The van der Waals surface area contributed by atoms with Crippen LogP contribution < -0.4 is 15.8 Å². The summed E-state index contributed by atoms with van der Waals surface area (Å²) in [4.78, 5) is 8.80. The van der Waals surface area contributed by atoms with Crippen molar-refractivity contribution >= 4 is 22.8 Å². The predicted molar refractivity (Wildman–Crippen MR) is 111 cm³/mol. The molecule has 0 radical (unpaired) electrons. The molecule has 146 valence electrons. The van der Waals surface area contributed by atoms with Gasteiger partial charge in [-0.15, -0.1) is 0 Å². The zero-order valence-electron chi connectivity index (χ0n) is 16.4. The van der Waals surface area contributed by atoms with Gasteiger partial charge in [0.15, 0.2) is 12.4 Å². The van der Waals surface area contributed by atoms with Crippen molar-refractivity contribution in [2.75, 3.05) is 24.2 Å². The summed E-state index contributed by atoms with van der Waals surface area (Å²) in [5, 5.41) is 12.1. The molecule has 0 aliphatic heterocycles. The van der Waals surface area contributed by atoms with Gasteiger partial charge in [0.05, 0.1) is 5.52 Å². The summed E-state index contributed by atoms with van der Waals surface area (Å²) < 4.78 is 7.57. The number of aromatic nitrogens is 3. The molecule has 0 atom stereocenters. The van der Waals surface area contributed by atoms with Gasteiger partial charge >= 0.3 is 0 Å². The standard InChI is InChI=1S/C21H26N6O/c1-3-4-5-10-24-20-19-18(25-21(23)26-20)8-11-27(19)14-16-13-17(28-12-9-22)7-6-15(16)2/h6-8,11,13H,3-5,10,12,14H2,1-2H3,(H3,23,24,25,26). The molecular formula is C21H26N6O. The Morgan fingerprint density at radius 1 is 1.25 bits per heavy atom. The van der Waals surface area contributed by atoms with E-state index in [9.17, 15) is 0 Å². The number of anilines is 2. The lowest BCUT2D eigenvalue weighted by atomic mass is 10.1. The first-order valence-electron chi connectivity index (χ1n) is 9.58. The zero-order valence-corrected chi connectivity index (χ0v) is 16.4. The van der Waals surface area contributed by atoms with E-state index in [4.69, 9.17) is 15.7 Å². The molecule has 0 bridgehead atoms. The Kier molecular flexibility index (Phi) is 6.33. The maximum atomic E-state index is 8.72. The summed E-state index contributed by atoms with van der Waals surface area (Å²) in [6.45, 7) is 5.78. The fraction of sp³-hybridized carbons (Fsp3) is 0.381. The quantitative estimate of drug-likeness (QED) is 0.548. The number of nitrogens with two attached hydrogens (primary N) is 1. The third-order valence-electron chi connectivity index (χ3n) is 4.67. The van der Waals surface area contributed by atoms with E-state index in [1.807, 2.05) is 36.5 Å². The number of nitrogens with zero attached hydrogens (tertiary/aromatic N) is 4. The minimum absolute atomic E-state index is 0.0356. The van der Waals surface area contributed by atoms with Crippen LogP contribution in [0.4, 0.5) is 11.8 Å². The SMILES string of the molecule is CCCCCNc1nc(N)nc2ccn(Cc3cc(OCC#N)ccc3C)c12. The molecule has 0 fully saturated rings. The largest absolute Gasteiger partial charge is 0.479 e. The second-order valence-corrected chi connectivity index (χ2v) is 6.78. The summed E-state index contributed by atoms with van der Waals surface area (Å²) in [7, 11) is 0. The molecule has 0 unspecified atom stereocenters. The topological polar surface area (TPSA) is 102 Å². The second-order valence-electron chi connectivity index (χ2n) is 6.78. The van der Waals surface area contributed by atoms with Crippen molar-refractivity contribution in [2.24, 2.45) is 0 Å². The third-order valence-corrected chi connectivity index (χ3v) is 4.67. The van der Waals surface area contributed by atoms with Crippen LogP contribution in [0.1, 0.15) is 37.3 Å². The fourth-order valence-electron chi connectivity index (χ4n) is 3.17. The van der Waals surface area contributed by atoms with E-state index in [0.717, 1.165) is 40.9 Å². The average Bonchev–Trinajstić information content (AvgIpc) is 3.08. The molecule has 0 saturated heterocycles. The minimum atomic E-state index is 0.0356. The van der Waals surface area contributed by atoms with Crippen LogP contribution in [0, 0.1) is 18.3 Å². The Morgan fingerprint density at radius 2 is 2.11 bits per heavy atom. The van der Waals surface area contributed by atoms with Crippen LogP contribution in [0.25, 0.3) is 11.0 Å². The van der Waals surface area contributed by atoms with Crippen molar-refractivity contribution in [3.05, 3.63) is 41.6 Å². The molecule has 0 amide bonds. The molecule has 0 aliphatic carbocycles. The van der Waals surface area contributed by atoms with Crippen molar-refractivity contribution in [1.29, 1.82) is 5.26 Å². The van der Waals surface area contributed by atoms with Gasteiger partial charge in [-0.1, -0.05) is 25.8 Å². The molecule has 3 aromatic rings. The van der Waals surface area contributed by atoms with Crippen molar-refractivity contribution in [2.45, 2.75) is 39.7 Å². The van der Waals surface area contributed by atoms with Crippen LogP contribution in [-0.4, -0.2) is 27.7 Å². The van der Waals surface area contributed by atoms with Crippen LogP contribution >= 0.6 is 0 Å². The number of nitrogens with one attached hydrogen (secondary N) is 1. The Morgan fingerprint density at radius 3 is 2.89 bits per heavy atom. The molecule has 0 aliphatic rings. The van der Waals surface area contributed by atoms with Gasteiger partial charge in [-0.2, -0.15) is 10.2 Å². The molecule has 3 rings (SSSR count). The summed E-state index contributed by atoms with van der Waals surface area (Å²) in [5.74, 6) is 1.72. The van der Waals surface area contributed by atoms with Gasteiger partial charge in [-0.05, 0) is 42.7 Å². The van der Waals surface area contributed by atoms with Crippen LogP contribution in [0.5, 0.6) is 5.75 Å².